The maximum absolute atomic E-state index is 12.8. The molecule has 4 rings (SSSR count). The van der Waals surface area contributed by atoms with E-state index in [0.29, 0.717) is 16.8 Å². The fourth-order valence-corrected chi connectivity index (χ4v) is 4.46. The average Bonchev–Trinajstić information content (AvgIpc) is 2.76. The van der Waals surface area contributed by atoms with E-state index in [0.717, 1.165) is 0 Å². The van der Waals surface area contributed by atoms with E-state index < -0.39 is 15.6 Å². The fraction of sp³-hybridized carbons (Fsp3) is 0.0526. The van der Waals surface area contributed by atoms with Crippen molar-refractivity contribution < 1.29 is 13.2 Å². The SMILES string of the molecule is COc1ncc(-c2ccc3ncc(Cl)c(=O)n3c2)cc1NS(=O)(=O)c1ncccc1Cl. The summed E-state index contributed by atoms with van der Waals surface area (Å²) in [4.78, 5) is 24.4. The molecule has 4 heterocycles. The summed E-state index contributed by atoms with van der Waals surface area (Å²) in [5, 5.41) is -0.387. The number of hydrogen-bond donors (Lipinski definition) is 1. The number of fused-ring (bicyclic) bond motifs is 1. The van der Waals surface area contributed by atoms with Crippen LogP contribution in [0.2, 0.25) is 10.0 Å². The smallest absolute Gasteiger partial charge is 0.281 e. The van der Waals surface area contributed by atoms with E-state index in [1.165, 1.54) is 54.5 Å². The van der Waals surface area contributed by atoms with Crippen LogP contribution < -0.4 is 15.0 Å². The highest BCUT2D eigenvalue weighted by Gasteiger charge is 2.22. The van der Waals surface area contributed by atoms with Crippen LogP contribution in [0.5, 0.6) is 5.88 Å². The molecule has 12 heteroatoms. The summed E-state index contributed by atoms with van der Waals surface area (Å²) in [7, 11) is -2.76. The first-order valence-electron chi connectivity index (χ1n) is 8.65. The number of sulfonamides is 1. The summed E-state index contributed by atoms with van der Waals surface area (Å²) < 4.78 is 34.4. The van der Waals surface area contributed by atoms with Gasteiger partial charge in [0.2, 0.25) is 5.88 Å². The van der Waals surface area contributed by atoms with Gasteiger partial charge in [0, 0.05) is 29.7 Å². The Morgan fingerprint density at radius 2 is 1.84 bits per heavy atom. The van der Waals surface area contributed by atoms with Crippen molar-refractivity contribution in [2.75, 3.05) is 11.8 Å². The van der Waals surface area contributed by atoms with Crippen LogP contribution in [0, 0.1) is 0 Å². The number of nitrogens with one attached hydrogen (secondary N) is 1. The van der Waals surface area contributed by atoms with Crippen molar-refractivity contribution in [3.05, 3.63) is 75.5 Å². The minimum absolute atomic E-state index is 0.0248. The van der Waals surface area contributed by atoms with Crippen LogP contribution in [0.3, 0.4) is 0 Å². The highest BCUT2D eigenvalue weighted by atomic mass is 35.5. The number of halogens is 2. The van der Waals surface area contributed by atoms with Crippen molar-refractivity contribution in [3.8, 4) is 17.0 Å². The van der Waals surface area contributed by atoms with Gasteiger partial charge in [0.15, 0.2) is 5.03 Å². The van der Waals surface area contributed by atoms with Crippen LogP contribution in [0.1, 0.15) is 0 Å². The molecule has 9 nitrogen and oxygen atoms in total. The van der Waals surface area contributed by atoms with Gasteiger partial charge in [0.05, 0.1) is 18.3 Å². The van der Waals surface area contributed by atoms with Gasteiger partial charge in [-0.15, -0.1) is 0 Å². The molecule has 0 aliphatic rings. The monoisotopic (exact) mass is 477 g/mol. The van der Waals surface area contributed by atoms with Crippen molar-refractivity contribution in [2.24, 2.45) is 0 Å². The van der Waals surface area contributed by atoms with Gasteiger partial charge in [-0.2, -0.15) is 8.42 Å². The second-order valence-corrected chi connectivity index (χ2v) is 8.65. The van der Waals surface area contributed by atoms with E-state index in [-0.39, 0.29) is 26.6 Å². The molecule has 158 valence electrons. The number of aromatic nitrogens is 4. The van der Waals surface area contributed by atoms with E-state index in [1.807, 2.05) is 0 Å². The van der Waals surface area contributed by atoms with Crippen LogP contribution >= 0.6 is 23.2 Å². The number of methoxy groups -OCH3 is 1. The van der Waals surface area contributed by atoms with Gasteiger partial charge in [0.1, 0.15) is 16.4 Å². The number of rotatable bonds is 5. The maximum atomic E-state index is 12.8. The molecule has 0 unspecified atom stereocenters. The van der Waals surface area contributed by atoms with Crippen molar-refractivity contribution in [1.29, 1.82) is 0 Å². The topological polar surface area (TPSA) is 116 Å². The first kappa shape index (κ1) is 21.0. The molecule has 0 fully saturated rings. The van der Waals surface area contributed by atoms with Crippen molar-refractivity contribution >= 4 is 44.6 Å². The Bertz CT molecular complexity index is 1470. The van der Waals surface area contributed by atoms with E-state index >= 15 is 0 Å². The van der Waals surface area contributed by atoms with Crippen molar-refractivity contribution in [1.82, 2.24) is 19.4 Å². The molecular weight excluding hydrogens is 465 g/mol. The molecule has 0 amide bonds. The minimum Gasteiger partial charge on any atom is -0.480 e. The highest BCUT2D eigenvalue weighted by molar-refractivity contribution is 7.92. The molecule has 0 saturated carbocycles. The largest absolute Gasteiger partial charge is 0.480 e. The Hall–Kier alpha value is -3.21. The first-order valence-corrected chi connectivity index (χ1v) is 10.9. The van der Waals surface area contributed by atoms with Gasteiger partial charge in [-0.1, -0.05) is 23.2 Å². The van der Waals surface area contributed by atoms with Crippen molar-refractivity contribution in [3.63, 3.8) is 0 Å². The van der Waals surface area contributed by atoms with Gasteiger partial charge in [-0.05, 0) is 30.3 Å². The first-order chi connectivity index (χ1) is 14.8. The predicted molar refractivity (Wildman–Crippen MR) is 116 cm³/mol. The molecule has 1 N–H and O–H groups in total. The van der Waals surface area contributed by atoms with Gasteiger partial charge in [-0.25, -0.2) is 15.0 Å². The molecule has 0 aliphatic carbocycles. The van der Waals surface area contributed by atoms with Gasteiger partial charge in [0.25, 0.3) is 15.6 Å². The number of pyridine rings is 3. The molecule has 0 bridgehead atoms. The zero-order valence-corrected chi connectivity index (χ0v) is 18.1. The lowest BCUT2D eigenvalue weighted by Crippen LogP contribution is -2.16. The fourth-order valence-electron chi connectivity index (χ4n) is 2.83. The second-order valence-electron chi connectivity index (χ2n) is 6.23. The van der Waals surface area contributed by atoms with Gasteiger partial charge in [-0.3, -0.25) is 13.9 Å². The molecule has 0 spiro atoms. The lowest BCUT2D eigenvalue weighted by Gasteiger charge is -2.13. The van der Waals surface area contributed by atoms with Gasteiger partial charge < -0.3 is 4.74 Å². The van der Waals surface area contributed by atoms with E-state index in [1.54, 1.807) is 12.1 Å². The Morgan fingerprint density at radius 1 is 1.03 bits per heavy atom. The second kappa shape index (κ2) is 8.14. The summed E-state index contributed by atoms with van der Waals surface area (Å²) in [5.74, 6) is 0.0436. The van der Waals surface area contributed by atoms with E-state index in [4.69, 9.17) is 27.9 Å². The lowest BCUT2D eigenvalue weighted by atomic mass is 10.1. The summed E-state index contributed by atoms with van der Waals surface area (Å²) in [6.07, 6.45) is 5.62. The number of hydrogen-bond acceptors (Lipinski definition) is 7. The number of nitrogens with zero attached hydrogens (tertiary/aromatic N) is 4. The molecule has 31 heavy (non-hydrogen) atoms. The average molecular weight is 478 g/mol. The Morgan fingerprint density at radius 3 is 2.58 bits per heavy atom. The predicted octanol–water partition coefficient (Wildman–Crippen LogP) is 3.27. The van der Waals surface area contributed by atoms with E-state index in [2.05, 4.69) is 19.7 Å². The highest BCUT2D eigenvalue weighted by Crippen LogP contribution is 2.31. The summed E-state index contributed by atoms with van der Waals surface area (Å²) in [6, 6.07) is 7.81. The Balaban J connectivity index is 1.80. The Kier molecular flexibility index (Phi) is 5.52. The molecule has 4 aromatic rings. The van der Waals surface area contributed by atoms with E-state index in [9.17, 15) is 13.2 Å². The van der Waals surface area contributed by atoms with Crippen molar-refractivity contribution in [2.45, 2.75) is 5.03 Å². The summed E-state index contributed by atoms with van der Waals surface area (Å²) in [5.41, 5.74) is 1.13. The zero-order chi connectivity index (χ0) is 22.2. The van der Waals surface area contributed by atoms with Crippen LogP contribution in [0.15, 0.2) is 64.9 Å². The number of anilines is 1. The van der Waals surface area contributed by atoms with Crippen LogP contribution in [-0.4, -0.2) is 34.9 Å². The third-order valence-electron chi connectivity index (χ3n) is 4.26. The molecule has 0 radical (unpaired) electrons. The number of ether oxygens (including phenoxy) is 1. The standard InChI is InChI=1S/C19H13Cl2N5O4S/c1-30-17-15(25-31(28,29)18-13(20)3-2-6-22-18)7-12(8-24-17)11-4-5-16-23-9-14(21)19(27)26(16)10-11/h2-10,25H,1H3. The molecule has 4 aromatic heterocycles. The minimum atomic E-state index is -4.12. The third kappa shape index (κ3) is 4.05. The van der Waals surface area contributed by atoms with Gasteiger partial charge >= 0.3 is 0 Å². The maximum Gasteiger partial charge on any atom is 0.281 e. The zero-order valence-electron chi connectivity index (χ0n) is 15.8. The molecule has 0 aromatic carbocycles. The lowest BCUT2D eigenvalue weighted by molar-refractivity contribution is 0.400. The Labute approximate surface area is 186 Å². The van der Waals surface area contributed by atoms with Crippen LogP contribution in [0.25, 0.3) is 16.8 Å². The quantitative estimate of drug-likeness (QED) is 0.468. The molecule has 0 saturated heterocycles. The summed E-state index contributed by atoms with van der Waals surface area (Å²) >= 11 is 11.9. The summed E-state index contributed by atoms with van der Waals surface area (Å²) in [6.45, 7) is 0. The van der Waals surface area contributed by atoms with Crippen LogP contribution in [-0.2, 0) is 10.0 Å². The third-order valence-corrected chi connectivity index (χ3v) is 6.26. The normalized spacial score (nSPS) is 11.5. The molecule has 0 atom stereocenters. The van der Waals surface area contributed by atoms with Crippen LogP contribution in [0.4, 0.5) is 5.69 Å². The molecular formula is C19H13Cl2N5O4S. The molecule has 0 aliphatic heterocycles.